The van der Waals surface area contributed by atoms with Crippen molar-refractivity contribution in [1.82, 2.24) is 14.3 Å². The number of hydrogen-bond donors (Lipinski definition) is 0. The fraction of sp³-hybridized carbons (Fsp3) is 0.333. The Labute approximate surface area is 159 Å². The van der Waals surface area contributed by atoms with E-state index < -0.39 is 5.97 Å². The van der Waals surface area contributed by atoms with Crippen LogP contribution in [-0.4, -0.2) is 40.4 Å². The number of hydrogen-bond acceptors (Lipinski definition) is 6. The lowest BCUT2D eigenvalue weighted by Crippen LogP contribution is -2.23. The van der Waals surface area contributed by atoms with Gasteiger partial charge in [-0.2, -0.15) is 10.1 Å². The van der Waals surface area contributed by atoms with E-state index in [2.05, 4.69) is 10.1 Å². The van der Waals surface area contributed by atoms with Crippen LogP contribution in [0.2, 0.25) is 0 Å². The zero-order chi connectivity index (χ0) is 19.6. The summed E-state index contributed by atoms with van der Waals surface area (Å²) in [5, 5.41) is 4.28. The molecule has 0 N–H and O–H groups in total. The number of benzene rings is 1. The normalized spacial score (nSPS) is 11.8. The van der Waals surface area contributed by atoms with Gasteiger partial charge in [-0.1, -0.05) is 11.3 Å². The summed E-state index contributed by atoms with van der Waals surface area (Å²) in [4.78, 5) is 28.9. The number of fused-ring (bicyclic) bond motifs is 1. The van der Waals surface area contributed by atoms with E-state index in [-0.39, 0.29) is 19.0 Å². The van der Waals surface area contributed by atoms with Crippen LogP contribution in [0.15, 0.2) is 29.3 Å². The summed E-state index contributed by atoms with van der Waals surface area (Å²) in [6, 6.07) is 7.37. The second-order valence-electron chi connectivity index (χ2n) is 5.97. The van der Waals surface area contributed by atoms with Crippen LogP contribution in [0, 0.1) is 13.8 Å². The van der Waals surface area contributed by atoms with Crippen LogP contribution >= 0.6 is 11.3 Å². The van der Waals surface area contributed by atoms with Gasteiger partial charge in [-0.05, 0) is 38.1 Å². The second kappa shape index (κ2) is 7.75. The number of amides is 1. The maximum Gasteiger partial charge on any atom is 0.325 e. The quantitative estimate of drug-likeness (QED) is 0.622. The number of methoxy groups -OCH3 is 2. The van der Waals surface area contributed by atoms with Gasteiger partial charge in [0.15, 0.2) is 4.80 Å². The highest BCUT2D eigenvalue weighted by Crippen LogP contribution is 2.23. The minimum Gasteiger partial charge on any atom is -0.497 e. The van der Waals surface area contributed by atoms with E-state index in [4.69, 9.17) is 9.47 Å². The molecule has 0 spiro atoms. The van der Waals surface area contributed by atoms with Gasteiger partial charge in [-0.25, -0.2) is 0 Å². The lowest BCUT2D eigenvalue weighted by molar-refractivity contribution is -0.141. The fourth-order valence-corrected chi connectivity index (χ4v) is 3.79. The van der Waals surface area contributed by atoms with Crippen LogP contribution in [-0.2, 0) is 27.4 Å². The number of carbonyl (C=O) groups excluding carboxylic acids is 2. The fourth-order valence-electron chi connectivity index (χ4n) is 2.72. The average molecular weight is 388 g/mol. The van der Waals surface area contributed by atoms with Crippen LogP contribution in [0.4, 0.5) is 0 Å². The van der Waals surface area contributed by atoms with E-state index in [1.165, 1.54) is 18.4 Å². The second-order valence-corrected chi connectivity index (χ2v) is 6.98. The van der Waals surface area contributed by atoms with Crippen molar-refractivity contribution < 1.29 is 19.1 Å². The zero-order valence-corrected chi connectivity index (χ0v) is 16.4. The molecule has 0 radical (unpaired) electrons. The highest BCUT2D eigenvalue weighted by molar-refractivity contribution is 7.16. The number of esters is 1. The summed E-state index contributed by atoms with van der Waals surface area (Å²) in [6.45, 7) is 3.76. The lowest BCUT2D eigenvalue weighted by Gasteiger charge is -2.04. The van der Waals surface area contributed by atoms with Gasteiger partial charge in [0.2, 0.25) is 0 Å². The number of rotatable bonds is 5. The molecule has 3 rings (SSSR count). The van der Waals surface area contributed by atoms with Crippen molar-refractivity contribution in [3.8, 4) is 5.75 Å². The van der Waals surface area contributed by atoms with Crippen molar-refractivity contribution in [2.75, 3.05) is 14.2 Å². The molecule has 0 saturated carbocycles. The molecule has 0 saturated heterocycles. The first-order valence-corrected chi connectivity index (χ1v) is 9.05. The number of ether oxygens (including phenoxy) is 2. The molecule has 0 aliphatic carbocycles. The highest BCUT2D eigenvalue weighted by atomic mass is 32.1. The van der Waals surface area contributed by atoms with E-state index in [0.717, 1.165) is 21.6 Å². The van der Waals surface area contributed by atoms with Crippen LogP contribution in [0.25, 0.3) is 10.2 Å². The van der Waals surface area contributed by atoms with Crippen LogP contribution < -0.4 is 9.54 Å². The monoisotopic (exact) mass is 388 g/mol. The number of carbonyl (C=O) groups is 2. The first-order chi connectivity index (χ1) is 12.9. The molecule has 0 aliphatic rings. The Morgan fingerprint density at radius 3 is 2.59 bits per heavy atom. The van der Waals surface area contributed by atoms with Gasteiger partial charge in [0.25, 0.3) is 5.91 Å². The van der Waals surface area contributed by atoms with Gasteiger partial charge in [0, 0.05) is 5.69 Å². The van der Waals surface area contributed by atoms with E-state index in [1.54, 1.807) is 22.4 Å². The van der Waals surface area contributed by atoms with Crippen molar-refractivity contribution in [1.29, 1.82) is 0 Å². The van der Waals surface area contributed by atoms with Gasteiger partial charge in [-0.15, -0.1) is 0 Å². The predicted octanol–water partition coefficient (Wildman–Crippen LogP) is 1.83. The Bertz CT molecular complexity index is 1080. The molecular weight excluding hydrogens is 368 g/mol. The number of aromatic nitrogens is 3. The molecule has 1 amide bonds. The number of thiazole rings is 1. The summed E-state index contributed by atoms with van der Waals surface area (Å²) in [6.07, 6.45) is 0. The first kappa shape index (κ1) is 18.8. The van der Waals surface area contributed by atoms with Crippen molar-refractivity contribution in [3.63, 3.8) is 0 Å². The topological polar surface area (TPSA) is 87.7 Å². The van der Waals surface area contributed by atoms with E-state index in [9.17, 15) is 9.59 Å². The summed E-state index contributed by atoms with van der Waals surface area (Å²) in [5.41, 5.74) is 2.51. The highest BCUT2D eigenvalue weighted by Gasteiger charge is 2.13. The molecular formula is C18H20N4O4S. The zero-order valence-electron chi connectivity index (χ0n) is 15.6. The molecule has 1 aromatic carbocycles. The first-order valence-electron chi connectivity index (χ1n) is 8.24. The molecule has 27 heavy (non-hydrogen) atoms. The molecule has 0 unspecified atom stereocenters. The minimum absolute atomic E-state index is 0.0329. The molecule has 0 fully saturated rings. The van der Waals surface area contributed by atoms with Gasteiger partial charge >= 0.3 is 5.97 Å². The van der Waals surface area contributed by atoms with E-state index in [0.29, 0.717) is 10.6 Å². The lowest BCUT2D eigenvalue weighted by atomic mass is 10.3. The van der Waals surface area contributed by atoms with Gasteiger partial charge in [-0.3, -0.25) is 14.3 Å². The Balaban J connectivity index is 2.03. The van der Waals surface area contributed by atoms with Crippen LogP contribution in [0.3, 0.4) is 0 Å². The summed E-state index contributed by atoms with van der Waals surface area (Å²) in [5.74, 6) is -0.0780. The summed E-state index contributed by atoms with van der Waals surface area (Å²) >= 11 is 1.31. The molecule has 8 nitrogen and oxygen atoms in total. The molecule has 9 heteroatoms. The Morgan fingerprint density at radius 1 is 1.19 bits per heavy atom. The molecule has 0 atom stereocenters. The third-order valence-electron chi connectivity index (χ3n) is 4.01. The van der Waals surface area contributed by atoms with E-state index in [1.807, 2.05) is 32.0 Å². The Hall–Kier alpha value is -2.94. The van der Waals surface area contributed by atoms with Crippen molar-refractivity contribution in [2.45, 2.75) is 26.9 Å². The molecule has 2 aromatic heterocycles. The van der Waals surface area contributed by atoms with Crippen LogP contribution in [0.5, 0.6) is 5.75 Å². The third-order valence-corrected chi connectivity index (χ3v) is 5.05. The summed E-state index contributed by atoms with van der Waals surface area (Å²) in [7, 11) is 2.91. The Kier molecular flexibility index (Phi) is 5.41. The van der Waals surface area contributed by atoms with Crippen LogP contribution in [0.1, 0.15) is 11.4 Å². The van der Waals surface area contributed by atoms with Crippen molar-refractivity contribution in [2.24, 2.45) is 4.99 Å². The summed E-state index contributed by atoms with van der Waals surface area (Å²) < 4.78 is 14.2. The number of aryl methyl sites for hydroxylation is 2. The van der Waals surface area contributed by atoms with Crippen molar-refractivity contribution in [3.05, 3.63) is 40.5 Å². The average Bonchev–Trinajstić information content (AvgIpc) is 3.13. The maximum atomic E-state index is 12.5. The third kappa shape index (κ3) is 4.08. The van der Waals surface area contributed by atoms with Gasteiger partial charge in [0.1, 0.15) is 18.8 Å². The Morgan fingerprint density at radius 2 is 1.96 bits per heavy atom. The predicted molar refractivity (Wildman–Crippen MR) is 101 cm³/mol. The van der Waals surface area contributed by atoms with Gasteiger partial charge in [0.05, 0.1) is 30.1 Å². The molecule has 0 aliphatic heterocycles. The molecule has 0 bridgehead atoms. The molecule has 142 valence electrons. The van der Waals surface area contributed by atoms with E-state index >= 15 is 0 Å². The van der Waals surface area contributed by atoms with Crippen molar-refractivity contribution >= 4 is 33.4 Å². The largest absolute Gasteiger partial charge is 0.497 e. The minimum atomic E-state index is -0.419. The standard InChI is InChI=1S/C18H20N4O4S/c1-11-7-12(2)22(20-11)9-16(23)19-18-21(10-17(24)26-4)14-6-5-13(25-3)8-15(14)27-18/h5-8H,9-10H2,1-4H3. The number of nitrogens with zero attached hydrogens (tertiary/aromatic N) is 4. The maximum absolute atomic E-state index is 12.5. The smallest absolute Gasteiger partial charge is 0.325 e. The van der Waals surface area contributed by atoms with Gasteiger partial charge < -0.3 is 14.0 Å². The molecule has 2 heterocycles. The SMILES string of the molecule is COC(=O)Cn1c(=NC(=O)Cn2nc(C)cc2C)sc2cc(OC)ccc21. The molecule has 3 aromatic rings.